The summed E-state index contributed by atoms with van der Waals surface area (Å²) in [6.07, 6.45) is 1.22. The third-order valence-electron chi connectivity index (χ3n) is 5.95. The van der Waals surface area contributed by atoms with Crippen molar-refractivity contribution in [1.82, 2.24) is 4.90 Å². The first kappa shape index (κ1) is 12.3. The lowest BCUT2D eigenvalue weighted by Crippen LogP contribution is -2.60. The Morgan fingerprint density at radius 3 is 2.81 bits per heavy atom. The fraction of sp³-hybridized carbons (Fsp3) is 0.625. The highest BCUT2D eigenvalue weighted by atomic mass is 16.7. The van der Waals surface area contributed by atoms with Crippen LogP contribution in [0.4, 0.5) is 0 Å². The second-order valence-electron chi connectivity index (χ2n) is 6.73. The minimum atomic E-state index is -0.694. The Morgan fingerprint density at radius 2 is 1.95 bits per heavy atom. The second-order valence-corrected chi connectivity index (χ2v) is 6.73. The fourth-order valence-corrected chi connectivity index (χ4v) is 5.02. The first-order valence-electron chi connectivity index (χ1n) is 7.73. The highest BCUT2D eigenvalue weighted by Crippen LogP contribution is 2.55. The molecule has 0 radical (unpaired) electrons. The first-order valence-corrected chi connectivity index (χ1v) is 7.73. The maximum Gasteiger partial charge on any atom is 0.231 e. The molecule has 0 spiro atoms. The Morgan fingerprint density at radius 1 is 1.14 bits per heavy atom. The van der Waals surface area contributed by atoms with Gasteiger partial charge in [0.25, 0.3) is 0 Å². The number of ether oxygens (including phenoxy) is 2. The third-order valence-corrected chi connectivity index (χ3v) is 5.95. The molecule has 0 aromatic heterocycles. The molecule has 1 aliphatic carbocycles. The van der Waals surface area contributed by atoms with E-state index in [1.165, 1.54) is 5.56 Å². The number of fused-ring (bicyclic) bond motifs is 2. The summed E-state index contributed by atoms with van der Waals surface area (Å²) in [6.45, 7) is 2.15. The lowest BCUT2D eigenvalue weighted by molar-refractivity contribution is -0.0810. The predicted molar refractivity (Wildman–Crippen MR) is 74.3 cm³/mol. The van der Waals surface area contributed by atoms with Crippen LogP contribution in [-0.4, -0.2) is 46.7 Å². The van der Waals surface area contributed by atoms with Gasteiger partial charge in [-0.3, -0.25) is 4.90 Å². The molecule has 1 aromatic carbocycles. The zero-order chi connectivity index (χ0) is 14.2. The van der Waals surface area contributed by atoms with Gasteiger partial charge >= 0.3 is 0 Å². The normalized spacial score (nSPS) is 42.6. The smallest absolute Gasteiger partial charge is 0.231 e. The molecule has 1 unspecified atom stereocenters. The number of nitrogens with zero attached hydrogens (tertiary/aromatic N) is 1. The fourth-order valence-electron chi connectivity index (χ4n) is 5.02. The molecule has 1 saturated carbocycles. The molecule has 5 nitrogen and oxygen atoms in total. The average molecular weight is 289 g/mol. The average Bonchev–Trinajstić information content (AvgIpc) is 3.04. The largest absolute Gasteiger partial charge is 0.454 e. The molecule has 2 N–H and O–H groups in total. The Labute approximate surface area is 123 Å². The van der Waals surface area contributed by atoms with E-state index in [1.807, 2.05) is 0 Å². The van der Waals surface area contributed by atoms with E-state index in [0.29, 0.717) is 12.5 Å². The van der Waals surface area contributed by atoms with Crippen LogP contribution in [-0.2, 0) is 12.0 Å². The van der Waals surface area contributed by atoms with Crippen molar-refractivity contribution in [3.05, 3.63) is 23.3 Å². The van der Waals surface area contributed by atoms with E-state index in [0.717, 1.165) is 43.0 Å². The Kier molecular flexibility index (Phi) is 2.28. The van der Waals surface area contributed by atoms with Gasteiger partial charge in [0.1, 0.15) is 0 Å². The summed E-state index contributed by atoms with van der Waals surface area (Å²) in [4.78, 5) is 2.46. The number of rotatable bonds is 0. The van der Waals surface area contributed by atoms with Crippen LogP contribution in [0.5, 0.6) is 11.5 Å². The van der Waals surface area contributed by atoms with Gasteiger partial charge in [0.2, 0.25) is 6.79 Å². The molecule has 2 fully saturated rings. The van der Waals surface area contributed by atoms with Crippen LogP contribution in [0.3, 0.4) is 0 Å². The summed E-state index contributed by atoms with van der Waals surface area (Å²) in [5, 5.41) is 21.0. The predicted octanol–water partition coefficient (Wildman–Crippen LogP) is 0.757. The number of hydrogen-bond donors (Lipinski definition) is 2. The van der Waals surface area contributed by atoms with Gasteiger partial charge in [0.15, 0.2) is 11.5 Å². The SMILES string of the molecule is O[C@@H]1CC[C@H]2N3CC[C@@]2(c2cc4c(cc2C3)OCO4)[C@H]1O. The topological polar surface area (TPSA) is 62.2 Å². The van der Waals surface area contributed by atoms with Crippen LogP contribution in [0, 0.1) is 0 Å². The van der Waals surface area contributed by atoms with Gasteiger partial charge < -0.3 is 19.7 Å². The van der Waals surface area contributed by atoms with Gasteiger partial charge in [-0.05, 0) is 49.1 Å². The van der Waals surface area contributed by atoms with Gasteiger partial charge in [-0.2, -0.15) is 0 Å². The van der Waals surface area contributed by atoms with Gasteiger partial charge in [-0.1, -0.05) is 0 Å². The minimum Gasteiger partial charge on any atom is -0.454 e. The van der Waals surface area contributed by atoms with E-state index in [1.54, 1.807) is 0 Å². The zero-order valence-corrected chi connectivity index (χ0v) is 11.8. The summed E-state index contributed by atoms with van der Waals surface area (Å²) < 4.78 is 11.0. The van der Waals surface area contributed by atoms with Crippen molar-refractivity contribution in [3.63, 3.8) is 0 Å². The van der Waals surface area contributed by atoms with Crippen LogP contribution >= 0.6 is 0 Å². The summed E-state index contributed by atoms with van der Waals surface area (Å²) in [5.74, 6) is 1.57. The highest BCUT2D eigenvalue weighted by molar-refractivity contribution is 5.54. The molecule has 3 heterocycles. The quantitative estimate of drug-likeness (QED) is 0.738. The van der Waals surface area contributed by atoms with Crippen molar-refractivity contribution in [2.45, 2.75) is 49.5 Å². The summed E-state index contributed by atoms with van der Waals surface area (Å²) in [7, 11) is 0. The lowest BCUT2D eigenvalue weighted by Gasteiger charge is -2.51. The minimum absolute atomic E-state index is 0.267. The molecule has 0 amide bonds. The van der Waals surface area contributed by atoms with Gasteiger partial charge in [0, 0.05) is 18.0 Å². The molecule has 3 aliphatic heterocycles. The molecule has 5 heteroatoms. The van der Waals surface area contributed by atoms with Crippen molar-refractivity contribution in [3.8, 4) is 11.5 Å². The summed E-state index contributed by atoms with van der Waals surface area (Å²) in [5.41, 5.74) is 2.03. The number of aliphatic hydroxyl groups is 2. The molecule has 112 valence electrons. The molecule has 21 heavy (non-hydrogen) atoms. The molecule has 5 atom stereocenters. The van der Waals surface area contributed by atoms with Crippen LogP contribution in [0.15, 0.2) is 12.1 Å². The van der Waals surface area contributed by atoms with E-state index in [-0.39, 0.29) is 12.2 Å². The van der Waals surface area contributed by atoms with Gasteiger partial charge in [-0.15, -0.1) is 0 Å². The molecule has 1 saturated heterocycles. The van der Waals surface area contributed by atoms with Crippen LogP contribution < -0.4 is 9.47 Å². The second kappa shape index (κ2) is 3.91. The molecule has 1 aromatic rings. The van der Waals surface area contributed by atoms with E-state index in [2.05, 4.69) is 17.0 Å². The third kappa shape index (κ3) is 1.37. The zero-order valence-electron chi connectivity index (χ0n) is 11.8. The monoisotopic (exact) mass is 289 g/mol. The van der Waals surface area contributed by atoms with E-state index < -0.39 is 12.2 Å². The highest BCUT2D eigenvalue weighted by Gasteiger charge is 2.60. The Bertz CT molecular complexity index is 619. The Balaban J connectivity index is 1.73. The number of benzene rings is 1. The van der Waals surface area contributed by atoms with Crippen molar-refractivity contribution in [1.29, 1.82) is 0 Å². The van der Waals surface area contributed by atoms with Gasteiger partial charge in [0.05, 0.1) is 12.2 Å². The molecule has 4 aliphatic rings. The van der Waals surface area contributed by atoms with Crippen molar-refractivity contribution >= 4 is 0 Å². The number of aliphatic hydroxyl groups excluding tert-OH is 2. The maximum absolute atomic E-state index is 10.8. The van der Waals surface area contributed by atoms with Crippen molar-refractivity contribution in [2.24, 2.45) is 0 Å². The molecule has 2 bridgehead atoms. The van der Waals surface area contributed by atoms with Crippen LogP contribution in [0.2, 0.25) is 0 Å². The van der Waals surface area contributed by atoms with Crippen molar-refractivity contribution < 1.29 is 19.7 Å². The first-order chi connectivity index (χ1) is 10.2. The Hall–Kier alpha value is -1.30. The van der Waals surface area contributed by atoms with Crippen LogP contribution in [0.25, 0.3) is 0 Å². The van der Waals surface area contributed by atoms with Gasteiger partial charge in [-0.25, -0.2) is 0 Å². The summed E-state index contributed by atoms with van der Waals surface area (Å²) in [6, 6.07) is 4.44. The molecule has 5 rings (SSSR count). The van der Waals surface area contributed by atoms with Crippen molar-refractivity contribution in [2.75, 3.05) is 13.3 Å². The lowest BCUT2D eigenvalue weighted by atomic mass is 9.61. The van der Waals surface area contributed by atoms with E-state index >= 15 is 0 Å². The summed E-state index contributed by atoms with van der Waals surface area (Å²) >= 11 is 0. The number of hydrogen-bond acceptors (Lipinski definition) is 5. The van der Waals surface area contributed by atoms with Crippen LogP contribution in [0.1, 0.15) is 30.4 Å². The van der Waals surface area contributed by atoms with E-state index in [9.17, 15) is 10.2 Å². The molecular formula is C16H19NO4. The van der Waals surface area contributed by atoms with E-state index in [4.69, 9.17) is 9.47 Å². The molecular weight excluding hydrogens is 270 g/mol. The maximum atomic E-state index is 10.8. The standard InChI is InChI=1S/C16H19NO4/c18-11-1-2-14-16(15(11)19)3-4-17(14)7-9-5-12-13(6-10(9)16)21-8-20-12/h5-6,11,14-15,18-19H,1-4,7-8H2/t11-,14-,15+,16+/m1/s1.